The van der Waals surface area contributed by atoms with Crippen molar-refractivity contribution < 1.29 is 18.0 Å². The van der Waals surface area contributed by atoms with Gasteiger partial charge in [0.1, 0.15) is 0 Å². The highest BCUT2D eigenvalue weighted by Crippen LogP contribution is 2.19. The Morgan fingerprint density at radius 2 is 1.59 bits per heavy atom. The van der Waals surface area contributed by atoms with E-state index in [-0.39, 0.29) is 16.4 Å². The second-order valence-electron chi connectivity index (χ2n) is 7.44. The van der Waals surface area contributed by atoms with Crippen molar-refractivity contribution >= 4 is 33.6 Å². The van der Waals surface area contributed by atoms with Crippen LogP contribution in [0.3, 0.4) is 0 Å². The largest absolute Gasteiger partial charge is 0.296 e. The number of amides is 2. The van der Waals surface area contributed by atoms with Gasteiger partial charge in [-0.15, -0.1) is 0 Å². The maximum absolute atomic E-state index is 13.0. The average molecular weight is 477 g/mol. The molecule has 2 aromatic carbocycles. The van der Waals surface area contributed by atoms with Gasteiger partial charge in [-0.2, -0.15) is 16.1 Å². The van der Waals surface area contributed by atoms with E-state index in [2.05, 4.69) is 27.9 Å². The van der Waals surface area contributed by atoms with E-state index in [1.807, 2.05) is 24.5 Å². The second kappa shape index (κ2) is 11.5. The lowest BCUT2D eigenvalue weighted by atomic mass is 10.2. The highest BCUT2D eigenvalue weighted by atomic mass is 32.2. The molecule has 8 nitrogen and oxygen atoms in total. The molecule has 0 atom stereocenters. The first kappa shape index (κ1) is 24.2. The molecule has 2 amide bonds. The van der Waals surface area contributed by atoms with Crippen LogP contribution >= 0.6 is 11.8 Å². The Labute approximate surface area is 193 Å². The van der Waals surface area contributed by atoms with Gasteiger partial charge in [0.25, 0.3) is 5.91 Å². The maximum atomic E-state index is 13.0. The van der Waals surface area contributed by atoms with E-state index >= 15 is 0 Å². The Morgan fingerprint density at radius 1 is 0.938 bits per heavy atom. The fourth-order valence-corrected chi connectivity index (χ4v) is 5.16. The van der Waals surface area contributed by atoms with E-state index in [1.54, 1.807) is 0 Å². The number of piperazine rings is 1. The van der Waals surface area contributed by atoms with Crippen LogP contribution in [-0.4, -0.2) is 67.6 Å². The van der Waals surface area contributed by atoms with Gasteiger partial charge in [-0.3, -0.25) is 25.3 Å². The van der Waals surface area contributed by atoms with E-state index in [9.17, 15) is 18.0 Å². The minimum atomic E-state index is -3.63. The number of carbonyl (C=O) groups excluding carboxylic acids is 2. The molecule has 10 heteroatoms. The molecule has 1 aliphatic rings. The summed E-state index contributed by atoms with van der Waals surface area (Å²) in [4.78, 5) is 26.2. The van der Waals surface area contributed by atoms with Gasteiger partial charge < -0.3 is 0 Å². The number of benzene rings is 2. The van der Waals surface area contributed by atoms with Gasteiger partial charge in [0.05, 0.1) is 4.90 Å². The number of carbonyl (C=O) groups is 2. The fraction of sp³-hybridized carbons (Fsp3) is 0.364. The van der Waals surface area contributed by atoms with Crippen LogP contribution in [0.1, 0.15) is 22.3 Å². The third-order valence-corrected chi connectivity index (χ3v) is 7.71. The molecule has 1 fully saturated rings. The molecule has 1 aliphatic heterocycles. The van der Waals surface area contributed by atoms with Gasteiger partial charge >= 0.3 is 0 Å². The van der Waals surface area contributed by atoms with E-state index in [0.717, 1.165) is 6.54 Å². The van der Waals surface area contributed by atoms with Crippen molar-refractivity contribution in [1.82, 2.24) is 20.1 Å². The molecular formula is C22H28N4O4S2. The molecule has 1 heterocycles. The van der Waals surface area contributed by atoms with Crippen LogP contribution < -0.4 is 10.9 Å². The lowest BCUT2D eigenvalue weighted by Gasteiger charge is -2.34. The number of hydrazine groups is 1. The fourth-order valence-electron chi connectivity index (χ4n) is 3.35. The zero-order chi connectivity index (χ0) is 23.0. The topological polar surface area (TPSA) is 98.8 Å². The molecule has 0 saturated carbocycles. The summed E-state index contributed by atoms with van der Waals surface area (Å²) >= 11 is 1.54. The van der Waals surface area contributed by atoms with Crippen LogP contribution in [0.4, 0.5) is 0 Å². The van der Waals surface area contributed by atoms with Gasteiger partial charge in [-0.05, 0) is 36.1 Å². The normalized spacial score (nSPS) is 15.3. The van der Waals surface area contributed by atoms with E-state index in [1.165, 1.54) is 45.9 Å². The van der Waals surface area contributed by atoms with Crippen molar-refractivity contribution in [3.8, 4) is 0 Å². The molecular weight excluding hydrogens is 448 g/mol. The summed E-state index contributed by atoms with van der Waals surface area (Å²) in [5, 5.41) is 0. The van der Waals surface area contributed by atoms with Gasteiger partial charge in [0.2, 0.25) is 15.9 Å². The van der Waals surface area contributed by atoms with Crippen LogP contribution in [0, 0.1) is 0 Å². The zero-order valence-corrected chi connectivity index (χ0v) is 19.6. The molecule has 2 aromatic rings. The summed E-state index contributed by atoms with van der Waals surface area (Å²) in [5.74, 6) is -0.117. The van der Waals surface area contributed by atoms with E-state index < -0.39 is 15.9 Å². The molecule has 0 aromatic heterocycles. The Bertz CT molecular complexity index is 1010. The predicted molar refractivity (Wildman–Crippen MR) is 126 cm³/mol. The predicted octanol–water partition coefficient (Wildman–Crippen LogP) is 1.71. The summed E-state index contributed by atoms with van der Waals surface area (Å²) in [7, 11) is -3.63. The van der Waals surface area contributed by atoms with Crippen molar-refractivity contribution in [2.24, 2.45) is 0 Å². The monoisotopic (exact) mass is 476 g/mol. The Morgan fingerprint density at radius 3 is 2.22 bits per heavy atom. The van der Waals surface area contributed by atoms with Crippen LogP contribution in [0.5, 0.6) is 0 Å². The van der Waals surface area contributed by atoms with Crippen LogP contribution in [0.2, 0.25) is 0 Å². The summed E-state index contributed by atoms with van der Waals surface area (Å²) < 4.78 is 27.5. The minimum Gasteiger partial charge on any atom is -0.296 e. The first-order valence-electron chi connectivity index (χ1n) is 10.3. The van der Waals surface area contributed by atoms with Gasteiger partial charge in [0.15, 0.2) is 0 Å². The van der Waals surface area contributed by atoms with Crippen LogP contribution in [0.25, 0.3) is 0 Å². The summed E-state index contributed by atoms with van der Waals surface area (Å²) in [5.41, 5.74) is 6.16. The third kappa shape index (κ3) is 6.55. The second-order valence-corrected chi connectivity index (χ2v) is 10.4. The van der Waals surface area contributed by atoms with Crippen molar-refractivity contribution in [3.05, 3.63) is 65.7 Å². The Balaban J connectivity index is 1.53. The Hall–Kier alpha value is -2.40. The molecule has 0 radical (unpaired) electrons. The first-order valence-corrected chi connectivity index (χ1v) is 13.2. The van der Waals surface area contributed by atoms with E-state index in [4.69, 9.17) is 0 Å². The van der Waals surface area contributed by atoms with Gasteiger partial charge in [-0.25, -0.2) is 8.42 Å². The standard InChI is InChI=1S/C22H28N4O4S2/c1-31-16-11-21(27)23-24-22(28)19-7-9-20(10-8-19)32(29,30)26-14-12-25(13-15-26)17-18-5-3-2-4-6-18/h2-10H,11-17H2,1H3,(H,23,27)(H,24,28). The molecule has 0 aliphatic carbocycles. The number of rotatable bonds is 8. The number of hydrogen-bond donors (Lipinski definition) is 2. The lowest BCUT2D eigenvalue weighted by molar-refractivity contribution is -0.121. The quantitative estimate of drug-likeness (QED) is 0.563. The summed E-state index contributed by atoms with van der Waals surface area (Å²) in [6, 6.07) is 15.9. The highest BCUT2D eigenvalue weighted by Gasteiger charge is 2.28. The number of hydrogen-bond acceptors (Lipinski definition) is 6. The molecule has 0 spiro atoms. The Kier molecular flexibility index (Phi) is 8.68. The van der Waals surface area contributed by atoms with Crippen molar-refractivity contribution in [2.45, 2.75) is 17.9 Å². The molecule has 0 bridgehead atoms. The summed E-state index contributed by atoms with van der Waals surface area (Å²) in [6.07, 6.45) is 2.20. The van der Waals surface area contributed by atoms with Crippen molar-refractivity contribution in [2.75, 3.05) is 38.2 Å². The SMILES string of the molecule is CSCCC(=O)NNC(=O)c1ccc(S(=O)(=O)N2CCN(Cc3ccccc3)CC2)cc1. The van der Waals surface area contributed by atoms with Crippen LogP contribution in [0.15, 0.2) is 59.5 Å². The smallest absolute Gasteiger partial charge is 0.269 e. The van der Waals surface area contributed by atoms with Crippen molar-refractivity contribution in [3.63, 3.8) is 0 Å². The molecule has 2 N–H and O–H groups in total. The third-order valence-electron chi connectivity index (χ3n) is 5.18. The molecule has 3 rings (SSSR count). The van der Waals surface area contributed by atoms with Crippen molar-refractivity contribution in [1.29, 1.82) is 0 Å². The van der Waals surface area contributed by atoms with Gasteiger partial charge in [-0.1, -0.05) is 30.3 Å². The maximum Gasteiger partial charge on any atom is 0.269 e. The van der Waals surface area contributed by atoms with Gasteiger partial charge in [0, 0.05) is 50.5 Å². The first-order chi connectivity index (χ1) is 15.4. The summed E-state index contributed by atoms with van der Waals surface area (Å²) in [6.45, 7) is 2.95. The zero-order valence-electron chi connectivity index (χ0n) is 18.0. The number of nitrogens with zero attached hydrogens (tertiary/aromatic N) is 2. The lowest BCUT2D eigenvalue weighted by Crippen LogP contribution is -2.48. The molecule has 172 valence electrons. The van der Waals surface area contributed by atoms with Crippen LogP contribution in [-0.2, 0) is 21.4 Å². The molecule has 0 unspecified atom stereocenters. The molecule has 1 saturated heterocycles. The average Bonchev–Trinajstić information content (AvgIpc) is 2.82. The minimum absolute atomic E-state index is 0.148. The number of nitrogens with one attached hydrogen (secondary N) is 2. The molecule has 32 heavy (non-hydrogen) atoms. The van der Waals surface area contributed by atoms with E-state index in [0.29, 0.717) is 38.4 Å². The highest BCUT2D eigenvalue weighted by molar-refractivity contribution is 7.98. The number of thioether (sulfide) groups is 1. The number of sulfonamides is 1.